The molecule has 0 fully saturated rings. The van der Waals surface area contributed by atoms with E-state index in [-0.39, 0.29) is 11.9 Å². The molecule has 0 spiro atoms. The van der Waals surface area contributed by atoms with Gasteiger partial charge in [0.25, 0.3) is 0 Å². The summed E-state index contributed by atoms with van der Waals surface area (Å²) in [4.78, 5) is 11.9. The lowest BCUT2D eigenvalue weighted by Gasteiger charge is -2.27. The molecule has 18 heavy (non-hydrogen) atoms. The van der Waals surface area contributed by atoms with Crippen molar-refractivity contribution < 1.29 is 9.53 Å². The predicted molar refractivity (Wildman–Crippen MR) is 72.8 cm³/mol. The third kappa shape index (κ3) is 3.25. The number of nitrogens with one attached hydrogen (secondary N) is 1. The van der Waals surface area contributed by atoms with Gasteiger partial charge in [-0.1, -0.05) is 18.2 Å². The van der Waals surface area contributed by atoms with Gasteiger partial charge in [0, 0.05) is 12.2 Å². The van der Waals surface area contributed by atoms with E-state index in [9.17, 15) is 4.79 Å². The van der Waals surface area contributed by atoms with Crippen LogP contribution >= 0.6 is 0 Å². The topological polar surface area (TPSA) is 38.3 Å². The zero-order valence-electron chi connectivity index (χ0n) is 11.3. The number of carbonyl (C=O) groups is 1. The second-order valence-electron chi connectivity index (χ2n) is 5.79. The van der Waals surface area contributed by atoms with Crippen LogP contribution in [0.25, 0.3) is 0 Å². The van der Waals surface area contributed by atoms with Crippen LogP contribution < -0.4 is 5.32 Å². The maximum atomic E-state index is 11.9. The molecule has 2 rings (SSSR count). The van der Waals surface area contributed by atoms with Crippen LogP contribution in [-0.4, -0.2) is 18.1 Å². The van der Waals surface area contributed by atoms with Gasteiger partial charge >= 0.3 is 5.97 Å². The van der Waals surface area contributed by atoms with Gasteiger partial charge in [-0.05, 0) is 44.7 Å². The number of carbonyl (C=O) groups excluding carboxylic acids is 1. The highest BCUT2D eigenvalue weighted by molar-refractivity contribution is 5.72. The van der Waals surface area contributed by atoms with Crippen molar-refractivity contribution in [2.75, 3.05) is 11.9 Å². The van der Waals surface area contributed by atoms with Gasteiger partial charge in [0.05, 0.1) is 6.42 Å². The SMILES string of the molecule is CC(C)(C)OC(=O)CC1CCNc2ccccc21. The van der Waals surface area contributed by atoms with Crippen LogP contribution in [0.15, 0.2) is 24.3 Å². The lowest BCUT2D eigenvalue weighted by atomic mass is 9.88. The van der Waals surface area contributed by atoms with Gasteiger partial charge in [0.2, 0.25) is 0 Å². The number of fused-ring (bicyclic) bond motifs is 1. The van der Waals surface area contributed by atoms with E-state index < -0.39 is 5.60 Å². The van der Waals surface area contributed by atoms with Gasteiger partial charge in [0.1, 0.15) is 5.60 Å². The summed E-state index contributed by atoms with van der Waals surface area (Å²) in [5.41, 5.74) is 1.98. The van der Waals surface area contributed by atoms with E-state index in [0.717, 1.165) is 18.7 Å². The molecule has 0 radical (unpaired) electrons. The first-order valence-electron chi connectivity index (χ1n) is 6.50. The van der Waals surface area contributed by atoms with Gasteiger partial charge in [-0.3, -0.25) is 4.79 Å². The predicted octanol–water partition coefficient (Wildman–Crippen LogP) is 3.32. The Kier molecular flexibility index (Phi) is 3.60. The molecular formula is C15H21NO2. The number of hydrogen-bond acceptors (Lipinski definition) is 3. The quantitative estimate of drug-likeness (QED) is 0.815. The Labute approximate surface area is 109 Å². The number of hydrogen-bond donors (Lipinski definition) is 1. The molecule has 1 aliphatic heterocycles. The van der Waals surface area contributed by atoms with Gasteiger partial charge in [-0.25, -0.2) is 0 Å². The van der Waals surface area contributed by atoms with Gasteiger partial charge in [0.15, 0.2) is 0 Å². The summed E-state index contributed by atoms with van der Waals surface area (Å²) in [6.07, 6.45) is 1.45. The molecule has 1 aromatic rings. The minimum atomic E-state index is -0.399. The van der Waals surface area contributed by atoms with Crippen molar-refractivity contribution in [3.63, 3.8) is 0 Å². The van der Waals surface area contributed by atoms with Crippen molar-refractivity contribution in [3.8, 4) is 0 Å². The fraction of sp³-hybridized carbons (Fsp3) is 0.533. The minimum Gasteiger partial charge on any atom is -0.460 e. The molecule has 0 aliphatic carbocycles. The smallest absolute Gasteiger partial charge is 0.306 e. The summed E-state index contributed by atoms with van der Waals surface area (Å²) in [6, 6.07) is 8.20. The molecule has 1 heterocycles. The lowest BCUT2D eigenvalue weighted by molar-refractivity contribution is -0.155. The van der Waals surface area contributed by atoms with E-state index in [2.05, 4.69) is 17.4 Å². The molecule has 0 aromatic heterocycles. The van der Waals surface area contributed by atoms with Gasteiger partial charge in [-0.2, -0.15) is 0 Å². The molecule has 98 valence electrons. The van der Waals surface area contributed by atoms with Crippen LogP contribution in [0.1, 0.15) is 45.1 Å². The van der Waals surface area contributed by atoms with Crippen LogP contribution in [0, 0.1) is 0 Å². The summed E-state index contributed by atoms with van der Waals surface area (Å²) >= 11 is 0. The molecule has 3 heteroatoms. The van der Waals surface area contributed by atoms with E-state index in [1.807, 2.05) is 32.9 Å². The van der Waals surface area contributed by atoms with Crippen molar-refractivity contribution in [2.45, 2.75) is 45.1 Å². The third-order valence-corrected chi connectivity index (χ3v) is 3.04. The Morgan fingerprint density at radius 2 is 2.11 bits per heavy atom. The van der Waals surface area contributed by atoms with E-state index >= 15 is 0 Å². The Balaban J connectivity index is 2.05. The average molecular weight is 247 g/mol. The number of benzene rings is 1. The molecule has 0 bridgehead atoms. The number of ether oxygens (including phenoxy) is 1. The maximum Gasteiger partial charge on any atom is 0.306 e. The highest BCUT2D eigenvalue weighted by atomic mass is 16.6. The molecule has 0 saturated carbocycles. The lowest BCUT2D eigenvalue weighted by Crippen LogP contribution is -2.26. The molecular weight excluding hydrogens is 226 g/mol. The third-order valence-electron chi connectivity index (χ3n) is 3.04. The molecule has 0 saturated heterocycles. The Morgan fingerprint density at radius 1 is 1.39 bits per heavy atom. The Hall–Kier alpha value is -1.51. The summed E-state index contributed by atoms with van der Waals surface area (Å²) in [5, 5.41) is 3.36. The van der Waals surface area contributed by atoms with Crippen molar-refractivity contribution in [1.82, 2.24) is 0 Å². The summed E-state index contributed by atoms with van der Waals surface area (Å²) in [5.74, 6) is 0.168. The maximum absolute atomic E-state index is 11.9. The Bertz CT molecular complexity index is 434. The zero-order chi connectivity index (χ0) is 13.2. The minimum absolute atomic E-state index is 0.107. The van der Waals surface area contributed by atoms with Crippen LogP contribution in [0.2, 0.25) is 0 Å². The molecule has 1 atom stereocenters. The first kappa shape index (κ1) is 12.9. The fourth-order valence-corrected chi connectivity index (χ4v) is 2.35. The first-order valence-corrected chi connectivity index (χ1v) is 6.50. The van der Waals surface area contributed by atoms with E-state index in [4.69, 9.17) is 4.74 Å². The standard InChI is InChI=1S/C15H21NO2/c1-15(2,3)18-14(17)10-11-8-9-16-13-7-5-4-6-12(11)13/h4-7,11,16H,8-10H2,1-3H3. The first-order chi connectivity index (χ1) is 8.46. The molecule has 1 unspecified atom stereocenters. The van der Waals surface area contributed by atoms with Crippen molar-refractivity contribution in [3.05, 3.63) is 29.8 Å². The van der Waals surface area contributed by atoms with Crippen LogP contribution in [0.3, 0.4) is 0 Å². The number of para-hydroxylation sites is 1. The number of anilines is 1. The average Bonchev–Trinajstić information content (AvgIpc) is 2.27. The van der Waals surface area contributed by atoms with E-state index in [1.165, 1.54) is 5.56 Å². The zero-order valence-corrected chi connectivity index (χ0v) is 11.3. The van der Waals surface area contributed by atoms with Crippen LogP contribution in [0.5, 0.6) is 0 Å². The summed E-state index contributed by atoms with van der Waals surface area (Å²) in [6.45, 7) is 6.63. The fourth-order valence-electron chi connectivity index (χ4n) is 2.35. The van der Waals surface area contributed by atoms with Crippen molar-refractivity contribution >= 4 is 11.7 Å². The molecule has 0 amide bonds. The molecule has 1 aromatic carbocycles. The highest BCUT2D eigenvalue weighted by Gasteiger charge is 2.25. The van der Waals surface area contributed by atoms with Crippen molar-refractivity contribution in [1.29, 1.82) is 0 Å². The monoisotopic (exact) mass is 247 g/mol. The van der Waals surface area contributed by atoms with E-state index in [0.29, 0.717) is 6.42 Å². The normalized spacial score (nSPS) is 18.7. The summed E-state index contributed by atoms with van der Waals surface area (Å²) < 4.78 is 5.40. The van der Waals surface area contributed by atoms with Crippen LogP contribution in [0.4, 0.5) is 5.69 Å². The molecule has 1 N–H and O–H groups in total. The number of rotatable bonds is 2. The second-order valence-corrected chi connectivity index (χ2v) is 5.79. The summed E-state index contributed by atoms with van der Waals surface area (Å²) in [7, 11) is 0. The van der Waals surface area contributed by atoms with E-state index in [1.54, 1.807) is 0 Å². The largest absolute Gasteiger partial charge is 0.460 e. The Morgan fingerprint density at radius 3 is 2.83 bits per heavy atom. The van der Waals surface area contributed by atoms with Gasteiger partial charge < -0.3 is 10.1 Å². The van der Waals surface area contributed by atoms with Gasteiger partial charge in [-0.15, -0.1) is 0 Å². The highest BCUT2D eigenvalue weighted by Crippen LogP contribution is 2.34. The molecule has 3 nitrogen and oxygen atoms in total. The second kappa shape index (κ2) is 5.01. The molecule has 1 aliphatic rings. The van der Waals surface area contributed by atoms with Crippen LogP contribution in [-0.2, 0) is 9.53 Å². The van der Waals surface area contributed by atoms with Crippen molar-refractivity contribution in [2.24, 2.45) is 0 Å². The number of esters is 1.